The summed E-state index contributed by atoms with van der Waals surface area (Å²) in [4.78, 5) is 12.4. The molecule has 0 N–H and O–H groups in total. The predicted molar refractivity (Wildman–Crippen MR) is 118 cm³/mol. The summed E-state index contributed by atoms with van der Waals surface area (Å²) in [6.45, 7) is 28.3. The van der Waals surface area contributed by atoms with E-state index >= 15 is 0 Å². The standard InChI is InChI=1S/C17H40O5Si4/c1-14(2)17(18)19-26(15(3)4,16(5)6)22-25(13,20-23(7,8)9)21-24(10,11)12/h15-16H,1H2,2-13H3. The zero-order valence-electron chi connectivity index (χ0n) is 18.9. The van der Waals surface area contributed by atoms with E-state index in [2.05, 4.69) is 73.6 Å². The Morgan fingerprint density at radius 3 is 1.35 bits per heavy atom. The van der Waals surface area contributed by atoms with E-state index in [1.54, 1.807) is 6.92 Å². The van der Waals surface area contributed by atoms with Gasteiger partial charge in [0, 0.05) is 23.2 Å². The van der Waals surface area contributed by atoms with Crippen molar-refractivity contribution in [2.24, 2.45) is 0 Å². The Morgan fingerprint density at radius 1 is 0.769 bits per heavy atom. The number of hydrogen-bond acceptors (Lipinski definition) is 5. The van der Waals surface area contributed by atoms with Crippen molar-refractivity contribution in [2.45, 2.75) is 91.5 Å². The van der Waals surface area contributed by atoms with Gasteiger partial charge in [0.2, 0.25) is 0 Å². The minimum absolute atomic E-state index is 0.0631. The van der Waals surface area contributed by atoms with Gasteiger partial charge in [-0.2, -0.15) is 0 Å². The van der Waals surface area contributed by atoms with Gasteiger partial charge in [0.15, 0.2) is 16.6 Å². The molecule has 0 fully saturated rings. The molecule has 0 saturated carbocycles. The maximum Gasteiger partial charge on any atom is 0.468 e. The van der Waals surface area contributed by atoms with Crippen LogP contribution < -0.4 is 0 Å². The molecule has 0 rings (SSSR count). The fourth-order valence-electron chi connectivity index (χ4n) is 2.86. The van der Waals surface area contributed by atoms with E-state index in [1.807, 2.05) is 6.55 Å². The predicted octanol–water partition coefficient (Wildman–Crippen LogP) is 5.66. The first kappa shape index (κ1) is 26.0. The number of rotatable bonds is 10. The van der Waals surface area contributed by atoms with Gasteiger partial charge in [-0.1, -0.05) is 34.3 Å². The van der Waals surface area contributed by atoms with Crippen LogP contribution in [-0.4, -0.2) is 40.0 Å². The normalized spacial score (nSPS) is 14.1. The van der Waals surface area contributed by atoms with E-state index in [-0.39, 0.29) is 11.1 Å². The lowest BCUT2D eigenvalue weighted by Crippen LogP contribution is -2.63. The molecule has 0 aromatic rings. The van der Waals surface area contributed by atoms with Crippen LogP contribution in [0.1, 0.15) is 34.6 Å². The van der Waals surface area contributed by atoms with Crippen molar-refractivity contribution in [3.63, 3.8) is 0 Å². The zero-order valence-corrected chi connectivity index (χ0v) is 22.9. The van der Waals surface area contributed by atoms with E-state index in [0.29, 0.717) is 5.57 Å². The molecular formula is C17H40O5Si4. The monoisotopic (exact) mass is 436 g/mol. The van der Waals surface area contributed by atoms with Crippen LogP contribution in [0.15, 0.2) is 12.2 Å². The van der Waals surface area contributed by atoms with Crippen LogP contribution in [0.25, 0.3) is 0 Å². The first-order valence-corrected chi connectivity index (χ1v) is 20.3. The third-order valence-electron chi connectivity index (χ3n) is 3.54. The number of carbonyl (C=O) groups excluding carboxylic acids is 1. The maximum atomic E-state index is 12.4. The Morgan fingerprint density at radius 2 is 1.12 bits per heavy atom. The molecule has 0 aliphatic rings. The average molecular weight is 437 g/mol. The van der Waals surface area contributed by atoms with Gasteiger partial charge in [0.25, 0.3) is 0 Å². The summed E-state index contributed by atoms with van der Waals surface area (Å²) >= 11 is 0. The largest absolute Gasteiger partial charge is 0.491 e. The molecule has 0 aromatic heterocycles. The molecule has 0 aliphatic heterocycles. The van der Waals surface area contributed by atoms with E-state index in [1.165, 1.54) is 0 Å². The molecule has 0 atom stereocenters. The highest BCUT2D eigenvalue weighted by Gasteiger charge is 2.57. The van der Waals surface area contributed by atoms with Gasteiger partial charge in [0.1, 0.15) is 0 Å². The van der Waals surface area contributed by atoms with Crippen LogP contribution in [0.5, 0.6) is 0 Å². The molecule has 0 saturated heterocycles. The molecule has 154 valence electrons. The van der Waals surface area contributed by atoms with E-state index in [4.69, 9.17) is 16.8 Å². The highest BCUT2D eigenvalue weighted by molar-refractivity contribution is 6.89. The van der Waals surface area contributed by atoms with Gasteiger partial charge in [-0.25, -0.2) is 4.79 Å². The summed E-state index contributed by atoms with van der Waals surface area (Å²) in [5.41, 5.74) is 0.508. The molecule has 0 spiro atoms. The van der Waals surface area contributed by atoms with Crippen molar-refractivity contribution in [2.75, 3.05) is 0 Å². The number of hydrogen-bond donors (Lipinski definition) is 0. The van der Waals surface area contributed by atoms with Crippen LogP contribution in [0.3, 0.4) is 0 Å². The lowest BCUT2D eigenvalue weighted by molar-refractivity contribution is -0.132. The Balaban J connectivity index is 6.11. The van der Waals surface area contributed by atoms with E-state index in [9.17, 15) is 4.79 Å². The second-order valence-electron chi connectivity index (χ2n) is 9.59. The summed E-state index contributed by atoms with van der Waals surface area (Å²) in [5, 5.41) is 0. The molecule has 26 heavy (non-hydrogen) atoms. The first-order chi connectivity index (χ1) is 11.3. The molecule has 9 heteroatoms. The highest BCUT2D eigenvalue weighted by Crippen LogP contribution is 2.39. The SMILES string of the molecule is C=C(C)C(=O)O[Si](O[Si](C)(O[Si](C)(C)C)O[Si](C)(C)C)(C(C)C)C(C)C. The molecular weight excluding hydrogens is 397 g/mol. The van der Waals surface area contributed by atoms with Crippen molar-refractivity contribution >= 4 is 40.0 Å². The topological polar surface area (TPSA) is 54.0 Å². The van der Waals surface area contributed by atoms with Gasteiger partial charge in [-0.15, -0.1) is 0 Å². The lowest BCUT2D eigenvalue weighted by Gasteiger charge is -2.45. The number of carbonyl (C=O) groups is 1. The van der Waals surface area contributed by atoms with Gasteiger partial charge in [-0.05, 0) is 46.2 Å². The summed E-state index contributed by atoms with van der Waals surface area (Å²) in [6.07, 6.45) is 0. The molecule has 5 nitrogen and oxygen atoms in total. The smallest absolute Gasteiger partial charge is 0.468 e. The Bertz CT molecular complexity index is 482. The van der Waals surface area contributed by atoms with Gasteiger partial charge < -0.3 is 16.8 Å². The molecule has 0 unspecified atom stereocenters. The summed E-state index contributed by atoms with van der Waals surface area (Å²) in [5.74, 6) is -0.392. The van der Waals surface area contributed by atoms with Crippen LogP contribution in [-0.2, 0) is 21.6 Å². The van der Waals surface area contributed by atoms with Crippen LogP contribution in [0.4, 0.5) is 0 Å². The second-order valence-corrected chi connectivity index (χ2v) is 26.2. The van der Waals surface area contributed by atoms with Crippen LogP contribution >= 0.6 is 0 Å². The van der Waals surface area contributed by atoms with E-state index in [0.717, 1.165) is 0 Å². The molecule has 0 aromatic carbocycles. The molecule has 0 amide bonds. The van der Waals surface area contributed by atoms with Gasteiger partial charge in [0.05, 0.1) is 0 Å². The minimum Gasteiger partial charge on any atom is -0.491 e. The Kier molecular flexibility index (Phi) is 8.96. The average Bonchev–Trinajstić information content (AvgIpc) is 2.31. The summed E-state index contributed by atoms with van der Waals surface area (Å²) in [7, 11) is -9.82. The molecule has 0 radical (unpaired) electrons. The minimum atomic E-state index is -3.00. The highest BCUT2D eigenvalue weighted by atomic mass is 28.5. The van der Waals surface area contributed by atoms with Crippen molar-refractivity contribution in [1.29, 1.82) is 0 Å². The zero-order chi connectivity index (χ0) is 21.1. The Labute approximate surface area is 165 Å². The molecule has 0 aliphatic carbocycles. The van der Waals surface area contributed by atoms with E-state index < -0.39 is 40.0 Å². The molecule has 0 bridgehead atoms. The maximum absolute atomic E-state index is 12.4. The van der Waals surface area contributed by atoms with Crippen molar-refractivity contribution in [3.05, 3.63) is 12.2 Å². The van der Waals surface area contributed by atoms with Crippen LogP contribution in [0, 0.1) is 0 Å². The third kappa shape index (κ3) is 8.32. The van der Waals surface area contributed by atoms with Crippen molar-refractivity contribution < 1.29 is 21.6 Å². The fourth-order valence-corrected chi connectivity index (χ4v) is 20.0. The lowest BCUT2D eigenvalue weighted by atomic mass is 10.4. The first-order valence-electron chi connectivity index (χ1n) is 9.33. The van der Waals surface area contributed by atoms with Crippen molar-refractivity contribution in [1.82, 2.24) is 0 Å². The summed E-state index contributed by atoms with van der Waals surface area (Å²) < 4.78 is 25.7. The van der Waals surface area contributed by atoms with Crippen molar-refractivity contribution in [3.8, 4) is 0 Å². The fraction of sp³-hybridized carbons (Fsp3) is 0.824. The Hall–Kier alpha value is -0.0425. The van der Waals surface area contributed by atoms with Gasteiger partial charge >= 0.3 is 23.3 Å². The molecule has 0 heterocycles. The van der Waals surface area contributed by atoms with Gasteiger partial charge in [-0.3, -0.25) is 0 Å². The second kappa shape index (κ2) is 8.97. The third-order valence-corrected chi connectivity index (χ3v) is 17.9. The summed E-state index contributed by atoms with van der Waals surface area (Å²) in [6, 6.07) is 0. The quantitative estimate of drug-likeness (QED) is 0.327. The van der Waals surface area contributed by atoms with Crippen LogP contribution in [0.2, 0.25) is 56.9 Å².